The lowest BCUT2D eigenvalue weighted by Gasteiger charge is -2.15. The van der Waals surface area contributed by atoms with E-state index in [1.54, 1.807) is 0 Å². The molecule has 0 spiro atoms. The molecule has 0 saturated heterocycles. The van der Waals surface area contributed by atoms with Gasteiger partial charge in [-0.1, -0.05) is 66.2 Å². The SMILES string of the molecule is Cc1ccc(NC(=O)COc2ccccc2CNCC(O)c2ccccc2)cc1. The van der Waals surface area contributed by atoms with E-state index in [1.165, 1.54) is 0 Å². The maximum atomic E-state index is 12.2. The Kier molecular flexibility index (Phi) is 7.39. The summed E-state index contributed by atoms with van der Waals surface area (Å²) < 4.78 is 5.72. The van der Waals surface area contributed by atoms with Gasteiger partial charge in [0.15, 0.2) is 6.61 Å². The molecule has 0 saturated carbocycles. The molecule has 0 radical (unpaired) electrons. The van der Waals surface area contributed by atoms with Crippen molar-refractivity contribution < 1.29 is 14.6 Å². The average Bonchev–Trinajstić information content (AvgIpc) is 2.75. The summed E-state index contributed by atoms with van der Waals surface area (Å²) in [4.78, 5) is 12.2. The fraction of sp³-hybridized carbons (Fsp3) is 0.208. The van der Waals surface area contributed by atoms with Gasteiger partial charge in [-0.3, -0.25) is 4.79 Å². The summed E-state index contributed by atoms with van der Waals surface area (Å²) in [5.41, 5.74) is 3.68. The molecule has 1 unspecified atom stereocenters. The number of aliphatic hydroxyl groups excluding tert-OH is 1. The highest BCUT2D eigenvalue weighted by Gasteiger charge is 2.09. The van der Waals surface area contributed by atoms with Crippen LogP contribution in [0.5, 0.6) is 5.75 Å². The first-order chi connectivity index (χ1) is 14.1. The van der Waals surface area contributed by atoms with E-state index in [2.05, 4.69) is 10.6 Å². The van der Waals surface area contributed by atoms with Gasteiger partial charge in [-0.15, -0.1) is 0 Å². The van der Waals surface area contributed by atoms with Crippen molar-refractivity contribution in [1.29, 1.82) is 0 Å². The highest BCUT2D eigenvalue weighted by atomic mass is 16.5. The molecular weight excluding hydrogens is 364 g/mol. The van der Waals surface area contributed by atoms with E-state index in [0.29, 0.717) is 18.8 Å². The van der Waals surface area contributed by atoms with Crippen molar-refractivity contribution in [1.82, 2.24) is 5.32 Å². The van der Waals surface area contributed by atoms with Crippen molar-refractivity contribution in [2.24, 2.45) is 0 Å². The van der Waals surface area contributed by atoms with Gasteiger partial charge in [-0.2, -0.15) is 0 Å². The second kappa shape index (κ2) is 10.4. The summed E-state index contributed by atoms with van der Waals surface area (Å²) in [5, 5.41) is 16.3. The maximum Gasteiger partial charge on any atom is 0.262 e. The van der Waals surface area contributed by atoms with Crippen LogP contribution in [0.2, 0.25) is 0 Å². The minimum absolute atomic E-state index is 0.0719. The Balaban J connectivity index is 1.49. The molecule has 0 aliphatic carbocycles. The molecule has 29 heavy (non-hydrogen) atoms. The number of hydrogen-bond acceptors (Lipinski definition) is 4. The lowest BCUT2D eigenvalue weighted by molar-refractivity contribution is -0.118. The monoisotopic (exact) mass is 390 g/mol. The number of carbonyl (C=O) groups is 1. The number of aryl methyl sites for hydroxylation is 1. The average molecular weight is 390 g/mol. The Hall–Kier alpha value is -3.15. The van der Waals surface area contributed by atoms with Gasteiger partial charge < -0.3 is 20.5 Å². The Morgan fingerprint density at radius 3 is 2.41 bits per heavy atom. The fourth-order valence-corrected chi connectivity index (χ4v) is 2.90. The molecule has 3 aromatic rings. The lowest BCUT2D eigenvalue weighted by Crippen LogP contribution is -2.23. The van der Waals surface area contributed by atoms with Crippen LogP contribution < -0.4 is 15.4 Å². The van der Waals surface area contributed by atoms with Crippen molar-refractivity contribution in [2.75, 3.05) is 18.5 Å². The molecule has 0 aromatic heterocycles. The predicted molar refractivity (Wildman–Crippen MR) is 115 cm³/mol. The molecule has 3 aromatic carbocycles. The molecule has 3 rings (SSSR count). The molecular formula is C24H26N2O3. The third-order valence-electron chi connectivity index (χ3n) is 4.50. The molecule has 1 atom stereocenters. The summed E-state index contributed by atoms with van der Waals surface area (Å²) in [6.07, 6.45) is -0.579. The summed E-state index contributed by atoms with van der Waals surface area (Å²) in [5.74, 6) is 0.435. The summed E-state index contributed by atoms with van der Waals surface area (Å²) in [6, 6.07) is 24.7. The highest BCUT2D eigenvalue weighted by molar-refractivity contribution is 5.91. The van der Waals surface area contributed by atoms with Gasteiger partial charge in [-0.05, 0) is 30.7 Å². The fourth-order valence-electron chi connectivity index (χ4n) is 2.90. The van der Waals surface area contributed by atoms with Gasteiger partial charge in [0.25, 0.3) is 5.91 Å². The first-order valence-corrected chi connectivity index (χ1v) is 9.63. The number of rotatable bonds is 9. The quantitative estimate of drug-likeness (QED) is 0.519. The smallest absolute Gasteiger partial charge is 0.262 e. The van der Waals surface area contributed by atoms with E-state index in [-0.39, 0.29) is 12.5 Å². The van der Waals surface area contributed by atoms with E-state index in [1.807, 2.05) is 85.8 Å². The van der Waals surface area contributed by atoms with Gasteiger partial charge in [0.2, 0.25) is 0 Å². The number of hydrogen-bond donors (Lipinski definition) is 3. The van der Waals surface area contributed by atoms with Crippen molar-refractivity contribution in [3.63, 3.8) is 0 Å². The molecule has 5 heteroatoms. The number of nitrogens with one attached hydrogen (secondary N) is 2. The largest absolute Gasteiger partial charge is 0.483 e. The Bertz CT molecular complexity index is 911. The number of ether oxygens (including phenoxy) is 1. The topological polar surface area (TPSA) is 70.6 Å². The van der Waals surface area contributed by atoms with Crippen LogP contribution in [0.4, 0.5) is 5.69 Å². The number of anilines is 1. The zero-order valence-electron chi connectivity index (χ0n) is 16.5. The lowest BCUT2D eigenvalue weighted by atomic mass is 10.1. The van der Waals surface area contributed by atoms with Crippen molar-refractivity contribution >= 4 is 11.6 Å². The zero-order chi connectivity index (χ0) is 20.5. The highest BCUT2D eigenvalue weighted by Crippen LogP contribution is 2.18. The van der Waals surface area contributed by atoms with E-state index in [4.69, 9.17) is 4.74 Å². The Morgan fingerprint density at radius 2 is 1.66 bits per heavy atom. The van der Waals surface area contributed by atoms with Gasteiger partial charge >= 0.3 is 0 Å². The molecule has 1 amide bonds. The first kappa shape index (κ1) is 20.6. The van der Waals surface area contributed by atoms with Crippen LogP contribution in [0.25, 0.3) is 0 Å². The molecule has 0 aliphatic rings. The number of benzene rings is 3. The van der Waals surface area contributed by atoms with Crippen molar-refractivity contribution in [3.05, 3.63) is 95.6 Å². The minimum atomic E-state index is -0.579. The predicted octanol–water partition coefficient (Wildman–Crippen LogP) is 3.84. The van der Waals surface area contributed by atoms with Crippen LogP contribution in [0, 0.1) is 6.92 Å². The third kappa shape index (κ3) is 6.45. The standard InChI is InChI=1S/C24H26N2O3/c1-18-11-13-21(14-12-18)26-24(28)17-29-23-10-6-5-9-20(23)15-25-16-22(27)19-7-3-2-4-8-19/h2-14,22,25,27H,15-17H2,1H3,(H,26,28). The third-order valence-corrected chi connectivity index (χ3v) is 4.50. The molecule has 3 N–H and O–H groups in total. The van der Waals surface area contributed by atoms with E-state index < -0.39 is 6.10 Å². The van der Waals surface area contributed by atoms with Crippen LogP contribution in [0.1, 0.15) is 22.8 Å². The van der Waals surface area contributed by atoms with Crippen LogP contribution in [-0.4, -0.2) is 24.2 Å². The van der Waals surface area contributed by atoms with Gasteiger partial charge in [0, 0.05) is 24.3 Å². The Morgan fingerprint density at radius 1 is 0.966 bits per heavy atom. The van der Waals surface area contributed by atoms with Crippen LogP contribution in [0.3, 0.4) is 0 Å². The van der Waals surface area contributed by atoms with Gasteiger partial charge in [0.05, 0.1) is 6.10 Å². The minimum Gasteiger partial charge on any atom is -0.483 e. The van der Waals surface area contributed by atoms with Crippen LogP contribution >= 0.6 is 0 Å². The summed E-state index contributed by atoms with van der Waals surface area (Å²) in [7, 11) is 0. The molecule has 0 fully saturated rings. The van der Waals surface area contributed by atoms with Gasteiger partial charge in [0.1, 0.15) is 5.75 Å². The number of carbonyl (C=O) groups excluding carboxylic acids is 1. The second-order valence-corrected chi connectivity index (χ2v) is 6.87. The normalized spacial score (nSPS) is 11.7. The molecule has 0 aliphatic heterocycles. The summed E-state index contributed by atoms with van der Waals surface area (Å²) in [6.45, 7) is 2.88. The van der Waals surface area contributed by atoms with Crippen LogP contribution in [0.15, 0.2) is 78.9 Å². The van der Waals surface area contributed by atoms with Crippen LogP contribution in [-0.2, 0) is 11.3 Å². The first-order valence-electron chi connectivity index (χ1n) is 9.63. The van der Waals surface area contributed by atoms with Gasteiger partial charge in [-0.25, -0.2) is 0 Å². The van der Waals surface area contributed by atoms with E-state index in [0.717, 1.165) is 22.4 Å². The molecule has 5 nitrogen and oxygen atoms in total. The number of amides is 1. The molecule has 0 heterocycles. The maximum absolute atomic E-state index is 12.2. The van der Waals surface area contributed by atoms with E-state index in [9.17, 15) is 9.90 Å². The zero-order valence-corrected chi connectivity index (χ0v) is 16.5. The van der Waals surface area contributed by atoms with E-state index >= 15 is 0 Å². The number of aliphatic hydroxyl groups is 1. The Labute approximate surface area is 171 Å². The molecule has 0 bridgehead atoms. The molecule has 150 valence electrons. The summed E-state index contributed by atoms with van der Waals surface area (Å²) >= 11 is 0. The van der Waals surface area contributed by atoms with Crippen molar-refractivity contribution in [2.45, 2.75) is 19.6 Å². The van der Waals surface area contributed by atoms with Crippen molar-refractivity contribution in [3.8, 4) is 5.75 Å². The number of para-hydroxylation sites is 1. The second-order valence-electron chi connectivity index (χ2n) is 6.87.